The molecule has 0 heterocycles. The van der Waals surface area contributed by atoms with Crippen molar-refractivity contribution in [2.75, 3.05) is 5.32 Å². The summed E-state index contributed by atoms with van der Waals surface area (Å²) in [5.41, 5.74) is -0.389. The van der Waals surface area contributed by atoms with E-state index in [1.54, 1.807) is 0 Å². The lowest BCUT2D eigenvalue weighted by Crippen LogP contribution is -2.29. The Hall–Kier alpha value is -3.33. The third-order valence-corrected chi connectivity index (χ3v) is 3.72. The van der Waals surface area contributed by atoms with E-state index in [2.05, 4.69) is 5.32 Å². The molecule has 0 aromatic heterocycles. The van der Waals surface area contributed by atoms with Crippen molar-refractivity contribution in [1.82, 2.24) is 0 Å². The van der Waals surface area contributed by atoms with Crippen LogP contribution in [0.2, 0.25) is 5.02 Å². The van der Waals surface area contributed by atoms with Crippen molar-refractivity contribution in [3.8, 4) is 0 Å². The number of hydrogen-bond acceptors (Lipinski definition) is 5. The van der Waals surface area contributed by atoms with Crippen molar-refractivity contribution in [3.63, 3.8) is 0 Å². The molecule has 146 valence electrons. The molecule has 2 aromatic carbocycles. The summed E-state index contributed by atoms with van der Waals surface area (Å²) in [6.07, 6.45) is 1.11. The molecule has 0 saturated heterocycles. The molecule has 0 bridgehead atoms. The molecule has 1 N–H and O–H groups in total. The fraction of sp³-hybridized carbons (Fsp3) is 0.111. The van der Waals surface area contributed by atoms with Crippen LogP contribution in [0, 0.1) is 21.7 Å². The summed E-state index contributed by atoms with van der Waals surface area (Å²) >= 11 is 5.63. The number of benzene rings is 2. The second-order valence-electron chi connectivity index (χ2n) is 5.50. The Bertz CT molecular complexity index is 965. The lowest BCUT2D eigenvalue weighted by atomic mass is 10.2. The zero-order chi connectivity index (χ0) is 20.8. The largest absolute Gasteiger partial charge is 0.449 e. The highest BCUT2D eigenvalue weighted by Crippen LogP contribution is 2.22. The molecule has 10 heteroatoms. The molecule has 0 aliphatic heterocycles. The summed E-state index contributed by atoms with van der Waals surface area (Å²) in [6, 6.07) is 6.64. The van der Waals surface area contributed by atoms with Crippen LogP contribution < -0.4 is 5.32 Å². The quantitative estimate of drug-likeness (QED) is 0.334. The first-order valence-corrected chi connectivity index (χ1v) is 8.13. The summed E-state index contributed by atoms with van der Waals surface area (Å²) in [4.78, 5) is 33.6. The number of ether oxygens (including phenoxy) is 1. The van der Waals surface area contributed by atoms with E-state index in [0.29, 0.717) is 5.56 Å². The number of esters is 1. The van der Waals surface area contributed by atoms with Gasteiger partial charge in [-0.25, -0.2) is 9.18 Å². The Morgan fingerprint density at radius 1 is 1.21 bits per heavy atom. The number of nitro groups is 1. The van der Waals surface area contributed by atoms with Crippen LogP contribution in [0.5, 0.6) is 0 Å². The lowest BCUT2D eigenvalue weighted by Gasteiger charge is -2.12. The number of nitrogens with zero attached hydrogens (tertiary/aromatic N) is 1. The smallest absolute Gasteiger partial charge is 0.331 e. The van der Waals surface area contributed by atoms with Crippen molar-refractivity contribution >= 4 is 40.9 Å². The van der Waals surface area contributed by atoms with Crippen molar-refractivity contribution in [1.29, 1.82) is 0 Å². The molecule has 2 rings (SSSR count). The van der Waals surface area contributed by atoms with Gasteiger partial charge < -0.3 is 10.1 Å². The van der Waals surface area contributed by atoms with E-state index in [1.807, 2.05) is 0 Å². The summed E-state index contributed by atoms with van der Waals surface area (Å²) in [7, 11) is 0. The Balaban J connectivity index is 1.97. The second-order valence-corrected chi connectivity index (χ2v) is 5.91. The molecule has 0 aliphatic rings. The molecular formula is C18H13ClF2N2O5. The standard InChI is InChI=1S/C18H13ClF2N2O5/c1-10(18(25)22-12-4-6-15(21)16(9-12)23(26)27)28-17(24)7-3-11-2-5-14(20)13(19)8-11/h2-10H,1H3,(H,22,25)/b7-3+/t10-/m0/s1. The predicted octanol–water partition coefficient (Wildman–Crippen LogP) is 4.11. The number of anilines is 1. The van der Waals surface area contributed by atoms with Gasteiger partial charge in [0, 0.05) is 17.8 Å². The van der Waals surface area contributed by atoms with Gasteiger partial charge in [-0.15, -0.1) is 0 Å². The van der Waals surface area contributed by atoms with E-state index in [1.165, 1.54) is 25.1 Å². The van der Waals surface area contributed by atoms with E-state index >= 15 is 0 Å². The monoisotopic (exact) mass is 410 g/mol. The van der Waals surface area contributed by atoms with Crippen LogP contribution in [-0.2, 0) is 14.3 Å². The van der Waals surface area contributed by atoms with Crippen molar-refractivity contribution in [2.45, 2.75) is 13.0 Å². The molecule has 0 spiro atoms. The van der Waals surface area contributed by atoms with Gasteiger partial charge in [0.25, 0.3) is 5.91 Å². The van der Waals surface area contributed by atoms with Gasteiger partial charge in [-0.1, -0.05) is 17.7 Å². The van der Waals surface area contributed by atoms with E-state index in [0.717, 1.165) is 30.3 Å². The molecule has 2 aromatic rings. The molecule has 1 atom stereocenters. The maximum Gasteiger partial charge on any atom is 0.331 e. The van der Waals surface area contributed by atoms with Crippen LogP contribution in [0.4, 0.5) is 20.2 Å². The van der Waals surface area contributed by atoms with Crippen LogP contribution in [0.15, 0.2) is 42.5 Å². The molecule has 28 heavy (non-hydrogen) atoms. The minimum atomic E-state index is -1.24. The fourth-order valence-corrected chi connectivity index (χ4v) is 2.21. The van der Waals surface area contributed by atoms with Gasteiger partial charge in [-0.3, -0.25) is 14.9 Å². The van der Waals surface area contributed by atoms with Crippen molar-refractivity contribution in [2.24, 2.45) is 0 Å². The number of rotatable bonds is 6. The van der Waals surface area contributed by atoms with Crippen LogP contribution >= 0.6 is 11.6 Å². The Labute approximate surface area is 162 Å². The van der Waals surface area contributed by atoms with Crippen molar-refractivity contribution in [3.05, 3.63) is 74.8 Å². The third-order valence-electron chi connectivity index (χ3n) is 3.43. The summed E-state index contributed by atoms with van der Waals surface area (Å²) in [5, 5.41) is 12.9. The molecule has 0 fully saturated rings. The Morgan fingerprint density at radius 2 is 1.89 bits per heavy atom. The van der Waals surface area contributed by atoms with Gasteiger partial charge >= 0.3 is 11.7 Å². The molecule has 0 saturated carbocycles. The average Bonchev–Trinajstić information content (AvgIpc) is 2.64. The number of amides is 1. The van der Waals surface area contributed by atoms with Gasteiger partial charge in [0.1, 0.15) is 5.82 Å². The molecular weight excluding hydrogens is 398 g/mol. The van der Waals surface area contributed by atoms with Gasteiger partial charge in [0.2, 0.25) is 5.82 Å². The number of nitrogens with one attached hydrogen (secondary N) is 1. The SMILES string of the molecule is C[C@H](OC(=O)/C=C/c1ccc(F)c(Cl)c1)C(=O)Nc1ccc(F)c([N+](=O)[O-])c1. The van der Waals surface area contributed by atoms with Crippen LogP contribution in [0.3, 0.4) is 0 Å². The highest BCUT2D eigenvalue weighted by atomic mass is 35.5. The molecule has 1 amide bonds. The third kappa shape index (κ3) is 5.58. The highest BCUT2D eigenvalue weighted by Gasteiger charge is 2.19. The maximum absolute atomic E-state index is 13.3. The first-order valence-electron chi connectivity index (χ1n) is 7.76. The molecule has 7 nitrogen and oxygen atoms in total. The molecule has 0 aliphatic carbocycles. The van der Waals surface area contributed by atoms with E-state index < -0.39 is 40.2 Å². The van der Waals surface area contributed by atoms with E-state index in [4.69, 9.17) is 16.3 Å². The lowest BCUT2D eigenvalue weighted by molar-refractivity contribution is -0.387. The number of hydrogen-bond donors (Lipinski definition) is 1. The second kappa shape index (κ2) is 9.05. The zero-order valence-electron chi connectivity index (χ0n) is 14.3. The fourth-order valence-electron chi connectivity index (χ4n) is 2.02. The number of carbonyl (C=O) groups is 2. The van der Waals surface area contributed by atoms with E-state index in [9.17, 15) is 28.5 Å². The average molecular weight is 411 g/mol. The first-order chi connectivity index (χ1) is 13.2. The number of carbonyl (C=O) groups excluding carboxylic acids is 2. The van der Waals surface area contributed by atoms with Gasteiger partial charge in [-0.05, 0) is 42.8 Å². The van der Waals surface area contributed by atoms with E-state index in [-0.39, 0.29) is 10.7 Å². The predicted molar refractivity (Wildman–Crippen MR) is 97.7 cm³/mol. The number of nitro benzene ring substituents is 1. The minimum absolute atomic E-state index is 0.0301. The minimum Gasteiger partial charge on any atom is -0.449 e. The zero-order valence-corrected chi connectivity index (χ0v) is 15.1. The highest BCUT2D eigenvalue weighted by molar-refractivity contribution is 6.30. The van der Waals surface area contributed by atoms with Crippen molar-refractivity contribution < 1.29 is 28.0 Å². The molecule has 0 unspecified atom stereocenters. The molecule has 0 radical (unpaired) electrons. The number of halogens is 3. The van der Waals surface area contributed by atoms with Gasteiger partial charge in [0.05, 0.1) is 9.95 Å². The Kier molecular flexibility index (Phi) is 6.78. The summed E-state index contributed by atoms with van der Waals surface area (Å²) < 4.78 is 31.3. The topological polar surface area (TPSA) is 98.5 Å². The van der Waals surface area contributed by atoms with Crippen LogP contribution in [-0.4, -0.2) is 22.9 Å². The normalized spacial score (nSPS) is 11.9. The van der Waals surface area contributed by atoms with Crippen LogP contribution in [0.25, 0.3) is 6.08 Å². The van der Waals surface area contributed by atoms with Crippen LogP contribution in [0.1, 0.15) is 12.5 Å². The maximum atomic E-state index is 13.3. The van der Waals surface area contributed by atoms with Gasteiger partial charge in [0.15, 0.2) is 6.10 Å². The van der Waals surface area contributed by atoms with Gasteiger partial charge in [-0.2, -0.15) is 4.39 Å². The Morgan fingerprint density at radius 3 is 2.54 bits per heavy atom. The summed E-state index contributed by atoms with van der Waals surface area (Å²) in [6.45, 7) is 1.29. The first kappa shape index (κ1) is 21.0. The summed E-state index contributed by atoms with van der Waals surface area (Å²) in [5.74, 6) is -3.28.